The lowest BCUT2D eigenvalue weighted by Crippen LogP contribution is -1.96. The van der Waals surface area contributed by atoms with Gasteiger partial charge in [0.15, 0.2) is 17.1 Å². The molecular formula is C20H18O4. The molecule has 122 valence electrons. The van der Waals surface area contributed by atoms with Crippen LogP contribution in [0.15, 0.2) is 59.0 Å². The Morgan fingerprint density at radius 2 is 2.00 bits per heavy atom. The van der Waals surface area contributed by atoms with E-state index in [0.717, 1.165) is 5.39 Å². The van der Waals surface area contributed by atoms with Gasteiger partial charge in [-0.3, -0.25) is 4.79 Å². The summed E-state index contributed by atoms with van der Waals surface area (Å²) in [5.41, 5.74) is 1.25. The monoisotopic (exact) mass is 322 g/mol. The van der Waals surface area contributed by atoms with Gasteiger partial charge in [-0.1, -0.05) is 24.3 Å². The summed E-state index contributed by atoms with van der Waals surface area (Å²) in [7, 11) is 1.60. The molecule has 1 aromatic heterocycles. The van der Waals surface area contributed by atoms with E-state index >= 15 is 0 Å². The highest BCUT2D eigenvalue weighted by Gasteiger charge is 2.08. The van der Waals surface area contributed by atoms with Crippen LogP contribution in [-0.2, 0) is 0 Å². The van der Waals surface area contributed by atoms with Crippen molar-refractivity contribution in [2.24, 2.45) is 0 Å². The van der Waals surface area contributed by atoms with E-state index in [-0.39, 0.29) is 5.78 Å². The zero-order valence-corrected chi connectivity index (χ0v) is 13.6. The number of rotatable bonds is 6. The molecule has 0 saturated carbocycles. The number of para-hydroxylation sites is 1. The van der Waals surface area contributed by atoms with Gasteiger partial charge in [0.2, 0.25) is 0 Å². The lowest BCUT2D eigenvalue weighted by molar-refractivity contribution is 0.104. The highest BCUT2D eigenvalue weighted by atomic mass is 16.5. The molecule has 3 aromatic rings. The third-order valence-electron chi connectivity index (χ3n) is 3.58. The Hall–Kier alpha value is -3.01. The Balaban J connectivity index is 1.82. The molecule has 0 fully saturated rings. The van der Waals surface area contributed by atoms with Crippen molar-refractivity contribution in [3.63, 3.8) is 0 Å². The number of hydrogen-bond donors (Lipinski definition) is 0. The topological polar surface area (TPSA) is 48.7 Å². The minimum absolute atomic E-state index is 0.107. The molecule has 0 bridgehead atoms. The summed E-state index contributed by atoms with van der Waals surface area (Å²) in [5.74, 6) is 1.85. The van der Waals surface area contributed by atoms with Crippen molar-refractivity contribution >= 4 is 22.8 Å². The highest BCUT2D eigenvalue weighted by Crippen LogP contribution is 2.29. The van der Waals surface area contributed by atoms with Crippen molar-refractivity contribution in [1.29, 1.82) is 0 Å². The highest BCUT2D eigenvalue weighted by molar-refractivity contribution is 6.07. The summed E-state index contributed by atoms with van der Waals surface area (Å²) >= 11 is 0. The number of allylic oxidation sites excluding steroid dienone is 1. The normalized spacial score (nSPS) is 11.1. The van der Waals surface area contributed by atoms with Gasteiger partial charge in [0.05, 0.1) is 13.7 Å². The molecule has 0 unspecified atom stereocenters. The van der Waals surface area contributed by atoms with Crippen LogP contribution in [0.5, 0.6) is 11.5 Å². The molecule has 3 rings (SSSR count). The fourth-order valence-corrected chi connectivity index (χ4v) is 2.46. The number of methoxy groups -OCH3 is 1. The first-order valence-electron chi connectivity index (χ1n) is 7.73. The van der Waals surface area contributed by atoms with Crippen LogP contribution < -0.4 is 9.47 Å². The number of fused-ring (bicyclic) bond motifs is 1. The van der Waals surface area contributed by atoms with Gasteiger partial charge in [0, 0.05) is 10.9 Å². The van der Waals surface area contributed by atoms with Crippen molar-refractivity contribution in [2.75, 3.05) is 13.7 Å². The van der Waals surface area contributed by atoms with Crippen LogP contribution in [0.1, 0.15) is 23.0 Å². The summed E-state index contributed by atoms with van der Waals surface area (Å²) < 4.78 is 16.4. The second-order valence-electron chi connectivity index (χ2n) is 5.19. The molecule has 0 aliphatic heterocycles. The zero-order valence-electron chi connectivity index (χ0n) is 13.6. The SMILES string of the molecule is CCOc1cccc(C(=O)/C=C/c2cc3cccc(OC)c3o2)c1. The fraction of sp³-hybridized carbons (Fsp3) is 0.150. The zero-order chi connectivity index (χ0) is 16.9. The summed E-state index contributed by atoms with van der Waals surface area (Å²) in [6, 6.07) is 14.7. The van der Waals surface area contributed by atoms with Crippen LogP contribution in [0, 0.1) is 0 Å². The van der Waals surface area contributed by atoms with Gasteiger partial charge in [-0.25, -0.2) is 0 Å². The summed E-state index contributed by atoms with van der Waals surface area (Å²) in [4.78, 5) is 12.3. The average molecular weight is 322 g/mol. The molecule has 0 radical (unpaired) electrons. The number of furan rings is 1. The Labute approximate surface area is 140 Å². The molecule has 4 heteroatoms. The Kier molecular flexibility index (Phi) is 4.66. The van der Waals surface area contributed by atoms with E-state index in [4.69, 9.17) is 13.9 Å². The summed E-state index contributed by atoms with van der Waals surface area (Å²) in [6.45, 7) is 2.47. The molecule has 24 heavy (non-hydrogen) atoms. The standard InChI is InChI=1S/C20H18O4/c1-3-23-16-8-4-6-14(12-16)18(21)11-10-17-13-15-7-5-9-19(22-2)20(15)24-17/h4-13H,3H2,1-2H3/b11-10+. The molecule has 0 saturated heterocycles. The van der Waals surface area contributed by atoms with Gasteiger partial charge in [0.1, 0.15) is 11.5 Å². The van der Waals surface area contributed by atoms with Crippen molar-refractivity contribution in [3.05, 3.63) is 65.9 Å². The molecule has 2 aromatic carbocycles. The molecule has 0 atom stereocenters. The van der Waals surface area contributed by atoms with Crippen LogP contribution in [0.3, 0.4) is 0 Å². The molecule has 4 nitrogen and oxygen atoms in total. The van der Waals surface area contributed by atoms with Gasteiger partial charge in [-0.15, -0.1) is 0 Å². The Bertz CT molecular complexity index is 890. The van der Waals surface area contributed by atoms with Crippen LogP contribution in [0.2, 0.25) is 0 Å². The molecule has 0 spiro atoms. The minimum Gasteiger partial charge on any atom is -0.494 e. The van der Waals surface area contributed by atoms with E-state index in [1.807, 2.05) is 37.3 Å². The van der Waals surface area contributed by atoms with E-state index in [2.05, 4.69) is 0 Å². The number of carbonyl (C=O) groups excluding carboxylic acids is 1. The number of ether oxygens (including phenoxy) is 2. The number of carbonyl (C=O) groups is 1. The van der Waals surface area contributed by atoms with Gasteiger partial charge >= 0.3 is 0 Å². The first kappa shape index (κ1) is 15.9. The van der Waals surface area contributed by atoms with Gasteiger partial charge in [0.25, 0.3) is 0 Å². The van der Waals surface area contributed by atoms with Crippen molar-refractivity contribution < 1.29 is 18.7 Å². The molecule has 0 amide bonds. The Morgan fingerprint density at radius 3 is 2.79 bits per heavy atom. The molecular weight excluding hydrogens is 304 g/mol. The first-order chi connectivity index (χ1) is 11.7. The molecule has 0 aliphatic carbocycles. The van der Waals surface area contributed by atoms with E-state index in [9.17, 15) is 4.79 Å². The second-order valence-corrected chi connectivity index (χ2v) is 5.19. The molecule has 0 aliphatic rings. The van der Waals surface area contributed by atoms with Crippen LogP contribution in [0.25, 0.3) is 17.0 Å². The minimum atomic E-state index is -0.107. The predicted octanol–water partition coefficient (Wildman–Crippen LogP) is 4.74. The van der Waals surface area contributed by atoms with Gasteiger partial charge in [-0.2, -0.15) is 0 Å². The molecule has 0 N–H and O–H groups in total. The maximum atomic E-state index is 12.3. The number of hydrogen-bond acceptors (Lipinski definition) is 4. The third kappa shape index (κ3) is 3.33. The summed E-state index contributed by atoms with van der Waals surface area (Å²) in [6.07, 6.45) is 3.16. The number of benzene rings is 2. The number of ketones is 1. The van der Waals surface area contributed by atoms with E-state index < -0.39 is 0 Å². The largest absolute Gasteiger partial charge is 0.494 e. The van der Waals surface area contributed by atoms with Crippen molar-refractivity contribution in [1.82, 2.24) is 0 Å². The molecule has 1 heterocycles. The van der Waals surface area contributed by atoms with Crippen LogP contribution in [-0.4, -0.2) is 19.5 Å². The fourth-order valence-electron chi connectivity index (χ4n) is 2.46. The lowest BCUT2D eigenvalue weighted by Gasteiger charge is -2.03. The third-order valence-corrected chi connectivity index (χ3v) is 3.58. The lowest BCUT2D eigenvalue weighted by atomic mass is 10.1. The van der Waals surface area contributed by atoms with Crippen molar-refractivity contribution in [2.45, 2.75) is 6.92 Å². The van der Waals surface area contributed by atoms with E-state index in [1.165, 1.54) is 6.08 Å². The van der Waals surface area contributed by atoms with Gasteiger partial charge < -0.3 is 13.9 Å². The average Bonchev–Trinajstić information content (AvgIpc) is 3.03. The van der Waals surface area contributed by atoms with E-state index in [0.29, 0.717) is 35.0 Å². The second kappa shape index (κ2) is 7.04. The van der Waals surface area contributed by atoms with Crippen LogP contribution in [0.4, 0.5) is 0 Å². The van der Waals surface area contributed by atoms with Gasteiger partial charge in [-0.05, 0) is 43.3 Å². The van der Waals surface area contributed by atoms with E-state index in [1.54, 1.807) is 31.4 Å². The van der Waals surface area contributed by atoms with Crippen LogP contribution >= 0.6 is 0 Å². The first-order valence-corrected chi connectivity index (χ1v) is 7.73. The maximum absolute atomic E-state index is 12.3. The summed E-state index contributed by atoms with van der Waals surface area (Å²) in [5, 5.41) is 0.930. The quantitative estimate of drug-likeness (QED) is 0.486. The van der Waals surface area contributed by atoms with Crippen molar-refractivity contribution in [3.8, 4) is 11.5 Å². The maximum Gasteiger partial charge on any atom is 0.186 e. The smallest absolute Gasteiger partial charge is 0.186 e. The Morgan fingerprint density at radius 1 is 1.17 bits per heavy atom. The predicted molar refractivity (Wildman–Crippen MR) is 93.7 cm³/mol.